The van der Waals surface area contributed by atoms with Crippen LogP contribution in [0.15, 0.2) is 65.5 Å². The van der Waals surface area contributed by atoms with E-state index in [0.29, 0.717) is 22.6 Å². The fraction of sp³-hybridized carbons (Fsp3) is 0.227. The van der Waals surface area contributed by atoms with Crippen LogP contribution in [-0.4, -0.2) is 28.3 Å². The summed E-state index contributed by atoms with van der Waals surface area (Å²) >= 11 is 0. The van der Waals surface area contributed by atoms with Crippen molar-refractivity contribution in [3.8, 4) is 17.0 Å². The molecule has 1 heterocycles. The van der Waals surface area contributed by atoms with Gasteiger partial charge >= 0.3 is 0 Å². The van der Waals surface area contributed by atoms with Crippen LogP contribution in [0.1, 0.15) is 24.2 Å². The molecule has 0 saturated heterocycles. The summed E-state index contributed by atoms with van der Waals surface area (Å²) in [5.74, 6) is 0.113. The summed E-state index contributed by atoms with van der Waals surface area (Å²) in [4.78, 5) is 24.3. The summed E-state index contributed by atoms with van der Waals surface area (Å²) in [5.41, 5.74) is 1.48. The van der Waals surface area contributed by atoms with Crippen LogP contribution in [0.2, 0.25) is 0 Å². The highest BCUT2D eigenvalue weighted by atomic mass is 19.1. The smallest absolute Gasteiger partial charge is 0.266 e. The minimum atomic E-state index is -0.339. The molecule has 0 aliphatic carbocycles. The van der Waals surface area contributed by atoms with Gasteiger partial charge in [0.15, 0.2) is 0 Å². The zero-order valence-electron chi connectivity index (χ0n) is 16.3. The summed E-state index contributed by atoms with van der Waals surface area (Å²) in [6.45, 7) is 4.32. The predicted molar refractivity (Wildman–Crippen MR) is 108 cm³/mol. The minimum absolute atomic E-state index is 0.0613. The third kappa shape index (κ3) is 5.51. The number of nitrogens with one attached hydrogen (secondary N) is 1. The van der Waals surface area contributed by atoms with Gasteiger partial charge in [0.2, 0.25) is 0 Å². The van der Waals surface area contributed by atoms with E-state index in [-0.39, 0.29) is 36.5 Å². The van der Waals surface area contributed by atoms with Crippen molar-refractivity contribution in [2.45, 2.75) is 26.5 Å². The van der Waals surface area contributed by atoms with Crippen LogP contribution in [0.3, 0.4) is 0 Å². The number of rotatable bonds is 7. The van der Waals surface area contributed by atoms with Gasteiger partial charge in [-0.3, -0.25) is 9.59 Å². The Balaban J connectivity index is 1.61. The maximum Gasteiger partial charge on any atom is 0.266 e. The zero-order chi connectivity index (χ0) is 20.8. The molecular weight excluding hydrogens is 373 g/mol. The first-order valence-electron chi connectivity index (χ1n) is 9.31. The van der Waals surface area contributed by atoms with E-state index in [2.05, 4.69) is 10.4 Å². The summed E-state index contributed by atoms with van der Waals surface area (Å²) in [5, 5.41) is 7.07. The van der Waals surface area contributed by atoms with Gasteiger partial charge in [-0.1, -0.05) is 0 Å². The third-order valence-electron chi connectivity index (χ3n) is 4.10. The Bertz CT molecular complexity index is 1030. The molecule has 3 aromatic rings. The third-order valence-corrected chi connectivity index (χ3v) is 4.10. The van der Waals surface area contributed by atoms with Crippen LogP contribution < -0.4 is 15.6 Å². The van der Waals surface area contributed by atoms with Crippen LogP contribution in [0.25, 0.3) is 11.3 Å². The quantitative estimate of drug-likeness (QED) is 0.666. The SMILES string of the molecule is CC(C)Oc1ccc(C(=O)NCCn2nc(-c3ccc(F)cc3)ccc2=O)cc1. The van der Waals surface area contributed by atoms with Crippen molar-refractivity contribution in [3.05, 3.63) is 82.4 Å². The van der Waals surface area contributed by atoms with E-state index in [1.807, 2.05) is 13.8 Å². The average Bonchev–Trinajstić information content (AvgIpc) is 2.70. The van der Waals surface area contributed by atoms with Crippen LogP contribution in [0.4, 0.5) is 4.39 Å². The molecule has 0 unspecified atom stereocenters. The Morgan fingerprint density at radius 3 is 2.41 bits per heavy atom. The second-order valence-corrected chi connectivity index (χ2v) is 6.73. The van der Waals surface area contributed by atoms with Crippen molar-refractivity contribution in [1.82, 2.24) is 15.1 Å². The van der Waals surface area contributed by atoms with Gasteiger partial charge in [-0.05, 0) is 68.4 Å². The number of ether oxygens (including phenoxy) is 1. The summed E-state index contributed by atoms with van der Waals surface area (Å²) in [7, 11) is 0. The number of hydrogen-bond donors (Lipinski definition) is 1. The van der Waals surface area contributed by atoms with Gasteiger partial charge in [-0.2, -0.15) is 5.10 Å². The molecule has 150 valence electrons. The number of aromatic nitrogens is 2. The maximum absolute atomic E-state index is 13.1. The highest BCUT2D eigenvalue weighted by Crippen LogP contribution is 2.16. The lowest BCUT2D eigenvalue weighted by atomic mass is 10.1. The minimum Gasteiger partial charge on any atom is -0.491 e. The fourth-order valence-corrected chi connectivity index (χ4v) is 2.72. The van der Waals surface area contributed by atoms with E-state index in [1.165, 1.54) is 22.9 Å². The van der Waals surface area contributed by atoms with E-state index < -0.39 is 0 Å². The number of benzene rings is 2. The van der Waals surface area contributed by atoms with Gasteiger partial charge in [0, 0.05) is 23.7 Å². The maximum atomic E-state index is 13.1. The molecule has 0 atom stereocenters. The topological polar surface area (TPSA) is 73.2 Å². The highest BCUT2D eigenvalue weighted by molar-refractivity contribution is 5.94. The number of halogens is 1. The molecule has 7 heteroatoms. The molecule has 2 aromatic carbocycles. The average molecular weight is 395 g/mol. The number of amides is 1. The molecule has 0 radical (unpaired) electrons. The van der Waals surface area contributed by atoms with Crippen molar-refractivity contribution >= 4 is 5.91 Å². The lowest BCUT2D eigenvalue weighted by Gasteiger charge is -2.11. The monoisotopic (exact) mass is 395 g/mol. The van der Waals surface area contributed by atoms with Crippen molar-refractivity contribution in [2.75, 3.05) is 6.54 Å². The van der Waals surface area contributed by atoms with E-state index in [9.17, 15) is 14.0 Å². The van der Waals surface area contributed by atoms with Gasteiger partial charge in [0.05, 0.1) is 18.3 Å². The van der Waals surface area contributed by atoms with Gasteiger partial charge in [-0.25, -0.2) is 9.07 Å². The van der Waals surface area contributed by atoms with Gasteiger partial charge in [-0.15, -0.1) is 0 Å². The zero-order valence-corrected chi connectivity index (χ0v) is 16.3. The van der Waals surface area contributed by atoms with E-state index in [1.54, 1.807) is 42.5 Å². The second-order valence-electron chi connectivity index (χ2n) is 6.73. The number of nitrogens with zero attached hydrogens (tertiary/aromatic N) is 2. The first kappa shape index (κ1) is 20.3. The Morgan fingerprint density at radius 1 is 1.07 bits per heavy atom. The molecule has 0 spiro atoms. The fourth-order valence-electron chi connectivity index (χ4n) is 2.72. The first-order valence-corrected chi connectivity index (χ1v) is 9.31. The van der Waals surface area contributed by atoms with Crippen molar-refractivity contribution in [2.24, 2.45) is 0 Å². The van der Waals surface area contributed by atoms with E-state index in [0.717, 1.165) is 0 Å². The molecule has 0 aliphatic rings. The number of carbonyl (C=O) groups is 1. The Morgan fingerprint density at radius 2 is 1.76 bits per heavy atom. The molecule has 1 amide bonds. The number of carbonyl (C=O) groups excluding carboxylic acids is 1. The largest absolute Gasteiger partial charge is 0.491 e. The molecule has 0 aliphatic heterocycles. The van der Waals surface area contributed by atoms with Crippen LogP contribution in [0, 0.1) is 5.82 Å². The summed E-state index contributed by atoms with van der Waals surface area (Å²) in [6, 6.07) is 15.7. The molecule has 0 bridgehead atoms. The Kier molecular flexibility index (Phi) is 6.39. The first-order chi connectivity index (χ1) is 13.9. The van der Waals surface area contributed by atoms with Crippen molar-refractivity contribution in [3.63, 3.8) is 0 Å². The van der Waals surface area contributed by atoms with Gasteiger partial charge in [0.25, 0.3) is 11.5 Å². The van der Waals surface area contributed by atoms with Crippen LogP contribution in [0.5, 0.6) is 5.75 Å². The predicted octanol–water partition coefficient (Wildman–Crippen LogP) is 3.27. The molecule has 29 heavy (non-hydrogen) atoms. The van der Waals surface area contributed by atoms with Crippen molar-refractivity contribution < 1.29 is 13.9 Å². The van der Waals surface area contributed by atoms with Crippen LogP contribution >= 0.6 is 0 Å². The highest BCUT2D eigenvalue weighted by Gasteiger charge is 2.08. The lowest BCUT2D eigenvalue weighted by Crippen LogP contribution is -2.31. The molecule has 0 saturated carbocycles. The molecule has 1 N–H and O–H groups in total. The molecule has 6 nitrogen and oxygen atoms in total. The number of hydrogen-bond acceptors (Lipinski definition) is 4. The lowest BCUT2D eigenvalue weighted by molar-refractivity contribution is 0.0951. The summed E-state index contributed by atoms with van der Waals surface area (Å²) in [6.07, 6.45) is 0.0613. The van der Waals surface area contributed by atoms with E-state index in [4.69, 9.17) is 4.74 Å². The molecule has 3 rings (SSSR count). The standard InChI is InChI=1S/C22H22FN3O3/c1-15(2)29-19-9-5-17(6-10-19)22(28)24-13-14-26-21(27)12-11-20(25-26)16-3-7-18(23)8-4-16/h3-12,15H,13-14H2,1-2H3,(H,24,28). The second kappa shape index (κ2) is 9.14. The van der Waals surface area contributed by atoms with Gasteiger partial charge < -0.3 is 10.1 Å². The van der Waals surface area contributed by atoms with Gasteiger partial charge in [0.1, 0.15) is 11.6 Å². The van der Waals surface area contributed by atoms with Crippen molar-refractivity contribution in [1.29, 1.82) is 0 Å². The molecule has 1 aromatic heterocycles. The Labute approximate surface area is 168 Å². The molecular formula is C22H22FN3O3. The molecule has 0 fully saturated rings. The normalized spacial score (nSPS) is 10.8. The summed E-state index contributed by atoms with van der Waals surface area (Å²) < 4.78 is 19.9. The van der Waals surface area contributed by atoms with E-state index >= 15 is 0 Å². The Hall–Kier alpha value is -3.48. The van der Waals surface area contributed by atoms with Crippen LogP contribution in [-0.2, 0) is 6.54 Å².